The number of nitrogens with one attached hydrogen (secondary N) is 2. The Balaban J connectivity index is 0.00000320. The Morgan fingerprint density at radius 3 is 2.53 bits per heavy atom. The van der Waals surface area contributed by atoms with Crippen molar-refractivity contribution in [1.29, 1.82) is 0 Å². The predicted octanol–water partition coefficient (Wildman–Crippen LogP) is 3.77. The molecule has 1 aromatic heterocycles. The van der Waals surface area contributed by atoms with E-state index in [1.165, 1.54) is 5.56 Å². The lowest BCUT2D eigenvalue weighted by atomic mass is 10.0. The summed E-state index contributed by atoms with van der Waals surface area (Å²) >= 11 is 12.1. The maximum absolute atomic E-state index is 6.14. The summed E-state index contributed by atoms with van der Waals surface area (Å²) in [6.07, 6.45) is 2.13. The number of rotatable bonds is 6. The van der Waals surface area contributed by atoms with Crippen LogP contribution in [-0.4, -0.2) is 51.3 Å². The molecule has 0 aliphatic carbocycles. The second kappa shape index (κ2) is 12.1. The lowest BCUT2D eigenvalue weighted by Gasteiger charge is -2.33. The molecule has 30 heavy (non-hydrogen) atoms. The number of aryl methyl sites for hydroxylation is 1. The van der Waals surface area contributed by atoms with Crippen LogP contribution < -0.4 is 10.6 Å². The molecule has 0 amide bonds. The van der Waals surface area contributed by atoms with Crippen LogP contribution in [0.25, 0.3) is 0 Å². The maximum atomic E-state index is 6.14. The van der Waals surface area contributed by atoms with Crippen LogP contribution in [-0.2, 0) is 20.1 Å². The Bertz CT molecular complexity index is 848. The molecule has 3 rings (SSSR count). The van der Waals surface area contributed by atoms with E-state index < -0.39 is 0 Å². The normalized spacial score (nSPS) is 15.7. The number of nitrogens with zero attached hydrogens (tertiary/aromatic N) is 5. The lowest BCUT2D eigenvalue weighted by molar-refractivity contribution is 0.198. The van der Waals surface area contributed by atoms with Gasteiger partial charge in [-0.3, -0.25) is 4.90 Å². The van der Waals surface area contributed by atoms with E-state index in [-0.39, 0.29) is 24.0 Å². The van der Waals surface area contributed by atoms with Gasteiger partial charge in [-0.25, -0.2) is 4.99 Å². The molecule has 0 atom stereocenters. The largest absolute Gasteiger partial charge is 0.357 e. The average molecular weight is 566 g/mol. The third kappa shape index (κ3) is 6.96. The molecule has 2 N–H and O–H groups in total. The zero-order chi connectivity index (χ0) is 20.8. The first-order valence-electron chi connectivity index (χ1n) is 10.0. The van der Waals surface area contributed by atoms with Crippen molar-refractivity contribution in [2.24, 2.45) is 12.0 Å². The van der Waals surface area contributed by atoms with Gasteiger partial charge in [0.2, 0.25) is 0 Å². The fourth-order valence-corrected chi connectivity index (χ4v) is 3.70. The van der Waals surface area contributed by atoms with Gasteiger partial charge in [0.15, 0.2) is 11.8 Å². The van der Waals surface area contributed by atoms with Crippen LogP contribution in [0, 0.1) is 6.92 Å². The van der Waals surface area contributed by atoms with Crippen molar-refractivity contribution in [2.75, 3.05) is 19.6 Å². The van der Waals surface area contributed by atoms with Gasteiger partial charge in [-0.05, 0) is 44.4 Å². The second-order valence-corrected chi connectivity index (χ2v) is 8.18. The van der Waals surface area contributed by atoms with Gasteiger partial charge in [0.1, 0.15) is 12.4 Å². The molecule has 1 fully saturated rings. The first kappa shape index (κ1) is 25.2. The number of piperidine rings is 1. The van der Waals surface area contributed by atoms with Gasteiger partial charge < -0.3 is 15.2 Å². The summed E-state index contributed by atoms with van der Waals surface area (Å²) in [5.74, 6) is 2.58. The molecule has 7 nitrogen and oxygen atoms in total. The highest BCUT2D eigenvalue weighted by molar-refractivity contribution is 14.0. The number of likely N-dealkylation sites (tertiary alicyclic amines) is 1. The van der Waals surface area contributed by atoms with Gasteiger partial charge in [0, 0.05) is 39.3 Å². The Hall–Kier alpha value is -1.10. The molecular formula is C20H30Cl2IN7. The number of hydrogen-bond donors (Lipinski definition) is 2. The number of aliphatic imine (C=N–C) groups is 1. The number of benzene rings is 1. The smallest absolute Gasteiger partial charge is 0.191 e. The molecule has 0 spiro atoms. The highest BCUT2D eigenvalue weighted by Crippen LogP contribution is 2.24. The van der Waals surface area contributed by atoms with Gasteiger partial charge in [0.05, 0.1) is 10.0 Å². The van der Waals surface area contributed by atoms with Crippen molar-refractivity contribution >= 4 is 53.1 Å². The summed E-state index contributed by atoms with van der Waals surface area (Å²) in [4.78, 5) is 7.14. The average Bonchev–Trinajstić information content (AvgIpc) is 3.02. The van der Waals surface area contributed by atoms with E-state index in [1.807, 2.05) is 36.7 Å². The quantitative estimate of drug-likeness (QED) is 0.317. The SMILES string of the molecule is CCNC(=NCc1nnc(C)n1C)NC1CCN(Cc2ccc(Cl)c(Cl)c2)CC1.I. The maximum Gasteiger partial charge on any atom is 0.191 e. The Labute approximate surface area is 205 Å². The summed E-state index contributed by atoms with van der Waals surface area (Å²) in [7, 11) is 1.96. The lowest BCUT2D eigenvalue weighted by Crippen LogP contribution is -2.48. The minimum Gasteiger partial charge on any atom is -0.357 e. The molecule has 166 valence electrons. The van der Waals surface area contributed by atoms with Crippen LogP contribution in [0.2, 0.25) is 10.0 Å². The van der Waals surface area contributed by atoms with E-state index in [1.54, 1.807) is 0 Å². The summed E-state index contributed by atoms with van der Waals surface area (Å²) in [5.41, 5.74) is 1.19. The number of halogens is 3. The zero-order valence-electron chi connectivity index (χ0n) is 17.7. The highest BCUT2D eigenvalue weighted by atomic mass is 127. The summed E-state index contributed by atoms with van der Waals surface area (Å²) in [6.45, 7) is 8.28. The molecule has 0 radical (unpaired) electrons. The van der Waals surface area contributed by atoms with E-state index in [0.717, 1.165) is 56.6 Å². The molecule has 0 saturated carbocycles. The number of hydrogen-bond acceptors (Lipinski definition) is 4. The minimum absolute atomic E-state index is 0. The summed E-state index contributed by atoms with van der Waals surface area (Å²) < 4.78 is 1.97. The molecule has 0 unspecified atom stereocenters. The fraction of sp³-hybridized carbons (Fsp3) is 0.550. The molecule has 1 aromatic carbocycles. The molecule has 0 bridgehead atoms. The topological polar surface area (TPSA) is 70.4 Å². The van der Waals surface area contributed by atoms with Crippen molar-refractivity contribution in [3.63, 3.8) is 0 Å². The van der Waals surface area contributed by atoms with Gasteiger partial charge >= 0.3 is 0 Å². The third-order valence-corrected chi connectivity index (χ3v) is 5.96. The van der Waals surface area contributed by atoms with Crippen LogP contribution in [0.15, 0.2) is 23.2 Å². The van der Waals surface area contributed by atoms with E-state index in [4.69, 9.17) is 23.2 Å². The Kier molecular flexibility index (Phi) is 10.1. The van der Waals surface area contributed by atoms with Crippen molar-refractivity contribution in [1.82, 2.24) is 30.3 Å². The number of aromatic nitrogens is 3. The molecule has 1 saturated heterocycles. The Morgan fingerprint density at radius 1 is 1.20 bits per heavy atom. The molecule has 10 heteroatoms. The summed E-state index contributed by atoms with van der Waals surface area (Å²) in [5, 5.41) is 16.4. The van der Waals surface area contributed by atoms with Crippen LogP contribution in [0.5, 0.6) is 0 Å². The standard InChI is InChI=1S/C20H29Cl2N7.HI/c1-4-23-20(24-12-19-27-26-14(2)28(19)3)25-16-7-9-29(10-8-16)13-15-5-6-17(21)18(22)11-15;/h5-6,11,16H,4,7-10,12-13H2,1-3H3,(H2,23,24,25);1H. The van der Waals surface area contributed by atoms with Crippen LogP contribution in [0.4, 0.5) is 0 Å². The van der Waals surface area contributed by atoms with Crippen molar-refractivity contribution in [2.45, 2.75) is 45.8 Å². The monoisotopic (exact) mass is 565 g/mol. The third-order valence-electron chi connectivity index (χ3n) is 5.22. The summed E-state index contributed by atoms with van der Waals surface area (Å²) in [6, 6.07) is 6.27. The van der Waals surface area contributed by atoms with Crippen LogP contribution in [0.3, 0.4) is 0 Å². The van der Waals surface area contributed by atoms with Gasteiger partial charge in [-0.2, -0.15) is 0 Å². The van der Waals surface area contributed by atoms with Gasteiger partial charge in [0.25, 0.3) is 0 Å². The first-order chi connectivity index (χ1) is 14.0. The van der Waals surface area contributed by atoms with Gasteiger partial charge in [-0.15, -0.1) is 34.2 Å². The van der Waals surface area contributed by atoms with Crippen molar-refractivity contribution in [3.05, 3.63) is 45.5 Å². The van der Waals surface area contributed by atoms with Crippen molar-refractivity contribution < 1.29 is 0 Å². The Morgan fingerprint density at radius 2 is 1.93 bits per heavy atom. The molecular weight excluding hydrogens is 536 g/mol. The number of guanidine groups is 1. The molecule has 2 aromatic rings. The van der Waals surface area contributed by atoms with Crippen LogP contribution in [0.1, 0.15) is 37.0 Å². The molecule has 2 heterocycles. The first-order valence-corrected chi connectivity index (χ1v) is 10.8. The minimum atomic E-state index is 0. The van der Waals surface area contributed by atoms with Crippen LogP contribution >= 0.6 is 47.2 Å². The zero-order valence-corrected chi connectivity index (χ0v) is 21.5. The molecule has 1 aliphatic rings. The van der Waals surface area contributed by atoms with E-state index in [9.17, 15) is 0 Å². The second-order valence-electron chi connectivity index (χ2n) is 7.36. The van der Waals surface area contributed by atoms with Crippen molar-refractivity contribution in [3.8, 4) is 0 Å². The van der Waals surface area contributed by atoms with E-state index >= 15 is 0 Å². The van der Waals surface area contributed by atoms with Gasteiger partial charge in [-0.1, -0.05) is 29.3 Å². The molecule has 1 aliphatic heterocycles. The fourth-order valence-electron chi connectivity index (χ4n) is 3.38. The highest BCUT2D eigenvalue weighted by Gasteiger charge is 2.20. The predicted molar refractivity (Wildman–Crippen MR) is 134 cm³/mol. The van der Waals surface area contributed by atoms with E-state index in [2.05, 4.69) is 37.6 Å². The van der Waals surface area contributed by atoms with E-state index in [0.29, 0.717) is 22.6 Å².